The van der Waals surface area contributed by atoms with Crippen molar-refractivity contribution in [1.29, 1.82) is 0 Å². The van der Waals surface area contributed by atoms with Crippen LogP contribution in [-0.4, -0.2) is 36.0 Å². The minimum Gasteiger partial charge on any atom is -0.457 e. The number of ether oxygens (including phenoxy) is 2. The number of carbonyl (C=O) groups excluding carboxylic acids is 4. The highest BCUT2D eigenvalue weighted by atomic mass is 16.5. The number of fused-ring (bicyclic) bond motifs is 1. The Hall–Kier alpha value is -6.02. The van der Waals surface area contributed by atoms with Crippen LogP contribution in [0.2, 0.25) is 0 Å². The molecule has 8 nitrogen and oxygen atoms in total. The third-order valence-electron chi connectivity index (χ3n) is 8.36. The topological polar surface area (TPSA) is 102 Å². The smallest absolute Gasteiger partial charge is 0.261 e. The van der Waals surface area contributed by atoms with Crippen LogP contribution in [0.4, 0.5) is 5.69 Å². The molecule has 234 valence electrons. The van der Waals surface area contributed by atoms with E-state index in [4.69, 9.17) is 9.47 Å². The van der Waals surface area contributed by atoms with Gasteiger partial charge < -0.3 is 14.8 Å². The van der Waals surface area contributed by atoms with Gasteiger partial charge in [-0.3, -0.25) is 24.1 Å². The fraction of sp³-hybridized carbons (Fsp3) is 0.128. The molecule has 0 atom stereocenters. The lowest BCUT2D eigenvalue weighted by Crippen LogP contribution is -2.24. The normalized spacial score (nSPS) is 12.5. The molecule has 0 fully saturated rings. The van der Waals surface area contributed by atoms with Crippen LogP contribution in [0.1, 0.15) is 72.0 Å². The summed E-state index contributed by atoms with van der Waals surface area (Å²) in [7, 11) is 1.46. The summed E-state index contributed by atoms with van der Waals surface area (Å²) in [5.74, 6) is 1.03. The van der Waals surface area contributed by atoms with E-state index in [1.807, 2.05) is 73.7 Å². The zero-order valence-corrected chi connectivity index (χ0v) is 26.4. The maximum Gasteiger partial charge on any atom is 0.261 e. The largest absolute Gasteiger partial charge is 0.457 e. The summed E-state index contributed by atoms with van der Waals surface area (Å²) >= 11 is 0. The van der Waals surface area contributed by atoms with Crippen molar-refractivity contribution in [3.05, 3.63) is 148 Å². The third-order valence-corrected chi connectivity index (χ3v) is 8.36. The number of hydrogen-bond acceptors (Lipinski definition) is 6. The Morgan fingerprint density at radius 2 is 1.26 bits per heavy atom. The van der Waals surface area contributed by atoms with E-state index in [0.29, 0.717) is 46.1 Å². The Kier molecular flexibility index (Phi) is 8.18. The second-order valence-corrected chi connectivity index (χ2v) is 11.9. The van der Waals surface area contributed by atoms with Crippen molar-refractivity contribution >= 4 is 29.7 Å². The number of nitrogens with one attached hydrogen (secondary N) is 1. The first-order valence-electron chi connectivity index (χ1n) is 15.0. The van der Waals surface area contributed by atoms with Crippen molar-refractivity contribution < 1.29 is 28.7 Å². The van der Waals surface area contributed by atoms with Crippen LogP contribution in [0.25, 0.3) is 0 Å². The van der Waals surface area contributed by atoms with Gasteiger partial charge >= 0.3 is 0 Å². The molecule has 0 saturated carbocycles. The Morgan fingerprint density at radius 3 is 1.85 bits per heavy atom. The van der Waals surface area contributed by atoms with Gasteiger partial charge in [0, 0.05) is 23.7 Å². The van der Waals surface area contributed by atoms with Crippen molar-refractivity contribution in [2.24, 2.45) is 0 Å². The van der Waals surface area contributed by atoms with Crippen molar-refractivity contribution in [2.45, 2.75) is 26.2 Å². The minimum absolute atomic E-state index is 0.219. The van der Waals surface area contributed by atoms with E-state index >= 15 is 0 Å². The fourth-order valence-corrected chi connectivity index (χ4v) is 5.54. The summed E-state index contributed by atoms with van der Waals surface area (Å²) < 4.78 is 12.1. The average Bonchev–Trinajstić information content (AvgIpc) is 3.28. The van der Waals surface area contributed by atoms with E-state index < -0.39 is 5.91 Å². The highest BCUT2D eigenvalue weighted by molar-refractivity contribution is 6.21. The lowest BCUT2D eigenvalue weighted by molar-refractivity contribution is 0.0692. The molecule has 0 unspecified atom stereocenters. The average molecular weight is 625 g/mol. The molecular weight excluding hydrogens is 592 g/mol. The molecule has 8 heteroatoms. The van der Waals surface area contributed by atoms with Crippen LogP contribution >= 0.6 is 0 Å². The van der Waals surface area contributed by atoms with Gasteiger partial charge in [-0.05, 0) is 96.4 Å². The van der Waals surface area contributed by atoms with Crippen molar-refractivity contribution in [3.8, 4) is 23.0 Å². The van der Waals surface area contributed by atoms with Crippen LogP contribution in [0, 0.1) is 6.92 Å². The second-order valence-electron chi connectivity index (χ2n) is 11.9. The molecule has 0 aliphatic carbocycles. The summed E-state index contributed by atoms with van der Waals surface area (Å²) in [5, 5.41) is 2.85. The highest BCUT2D eigenvalue weighted by Gasteiger charge is 2.33. The van der Waals surface area contributed by atoms with Crippen molar-refractivity contribution in [2.75, 3.05) is 12.4 Å². The number of imide groups is 1. The van der Waals surface area contributed by atoms with Gasteiger partial charge in [0.15, 0.2) is 6.29 Å². The zero-order valence-electron chi connectivity index (χ0n) is 26.4. The van der Waals surface area contributed by atoms with Gasteiger partial charge in [-0.2, -0.15) is 0 Å². The maximum atomic E-state index is 13.0. The molecule has 0 saturated heterocycles. The first-order valence-corrected chi connectivity index (χ1v) is 15.0. The number of anilines is 1. The predicted octanol–water partition coefficient (Wildman–Crippen LogP) is 8.20. The number of amides is 3. The molecule has 3 amide bonds. The van der Waals surface area contributed by atoms with Gasteiger partial charge in [-0.1, -0.05) is 50.2 Å². The molecule has 47 heavy (non-hydrogen) atoms. The Balaban J connectivity index is 1.14. The molecule has 0 aromatic heterocycles. The van der Waals surface area contributed by atoms with E-state index in [-0.39, 0.29) is 28.4 Å². The number of aldehydes is 1. The first kappa shape index (κ1) is 31.0. The Morgan fingerprint density at radius 1 is 0.702 bits per heavy atom. The van der Waals surface area contributed by atoms with E-state index in [2.05, 4.69) is 19.2 Å². The van der Waals surface area contributed by atoms with Gasteiger partial charge in [0.1, 0.15) is 23.0 Å². The molecule has 1 aliphatic rings. The summed E-state index contributed by atoms with van der Waals surface area (Å²) in [6.07, 6.45) is 0.654. The molecule has 6 rings (SSSR count). The zero-order chi connectivity index (χ0) is 33.3. The number of nitrogens with zero attached hydrogens (tertiary/aromatic N) is 1. The van der Waals surface area contributed by atoms with Crippen molar-refractivity contribution in [3.63, 3.8) is 0 Å². The number of carbonyl (C=O) groups is 4. The van der Waals surface area contributed by atoms with Gasteiger partial charge in [-0.15, -0.1) is 0 Å². The molecule has 1 heterocycles. The summed E-state index contributed by atoms with van der Waals surface area (Å²) in [4.78, 5) is 50.3. The SMILES string of the molecule is Cc1cccc(NC(=O)c2cc(Oc3ccc(C(C)(C)c4ccc(Oc5ccc6c(c5)C(=O)N(C)C6=O)cc4)cc3)ccc2C=O)c1. The number of rotatable bonds is 9. The number of hydrogen-bond donors (Lipinski definition) is 1. The van der Waals surface area contributed by atoms with Crippen LogP contribution < -0.4 is 14.8 Å². The molecular formula is C39H32N2O6. The summed E-state index contributed by atoms with van der Waals surface area (Å²) in [5.41, 5.74) is 4.60. The second kappa shape index (κ2) is 12.4. The molecule has 5 aromatic carbocycles. The standard InChI is InChI=1S/C39H32N2O6/c1-24-6-5-7-28(20-24)40-36(43)34-21-31(13-8-25(34)23-42)46-29-14-9-26(10-15-29)39(2,3)27-11-16-30(17-12-27)47-32-18-19-33-35(22-32)38(45)41(4)37(33)44/h5-23H,1-4H3,(H,40,43). The van der Waals surface area contributed by atoms with E-state index in [1.165, 1.54) is 7.05 Å². The first-order chi connectivity index (χ1) is 22.5. The fourth-order valence-electron chi connectivity index (χ4n) is 5.54. The van der Waals surface area contributed by atoms with E-state index in [9.17, 15) is 19.2 Å². The molecule has 0 radical (unpaired) electrons. The van der Waals surface area contributed by atoms with Crippen LogP contribution in [-0.2, 0) is 5.41 Å². The van der Waals surface area contributed by atoms with Crippen molar-refractivity contribution in [1.82, 2.24) is 4.90 Å². The lowest BCUT2D eigenvalue weighted by Gasteiger charge is -2.26. The monoisotopic (exact) mass is 624 g/mol. The number of aryl methyl sites for hydroxylation is 1. The summed E-state index contributed by atoms with van der Waals surface area (Å²) in [6.45, 7) is 6.18. The van der Waals surface area contributed by atoms with Crippen LogP contribution in [0.15, 0.2) is 109 Å². The van der Waals surface area contributed by atoms with Crippen LogP contribution in [0.5, 0.6) is 23.0 Å². The van der Waals surface area contributed by atoms with Gasteiger partial charge in [0.2, 0.25) is 0 Å². The van der Waals surface area contributed by atoms with E-state index in [1.54, 1.807) is 42.5 Å². The lowest BCUT2D eigenvalue weighted by atomic mass is 9.78. The molecule has 5 aromatic rings. The summed E-state index contributed by atoms with van der Waals surface area (Å²) in [6, 6.07) is 32.6. The van der Waals surface area contributed by atoms with Gasteiger partial charge in [0.25, 0.3) is 17.7 Å². The molecule has 1 aliphatic heterocycles. The molecule has 1 N–H and O–H groups in total. The third kappa shape index (κ3) is 6.26. The Labute approximate surface area is 272 Å². The minimum atomic E-state index is -0.400. The molecule has 0 spiro atoms. The maximum absolute atomic E-state index is 13.0. The Bertz CT molecular complexity index is 2030. The predicted molar refractivity (Wildman–Crippen MR) is 179 cm³/mol. The molecule has 0 bridgehead atoms. The highest BCUT2D eigenvalue weighted by Crippen LogP contribution is 2.35. The van der Waals surface area contributed by atoms with Gasteiger partial charge in [0.05, 0.1) is 16.7 Å². The van der Waals surface area contributed by atoms with E-state index in [0.717, 1.165) is 21.6 Å². The number of benzene rings is 5. The van der Waals surface area contributed by atoms with Gasteiger partial charge in [-0.25, -0.2) is 0 Å². The van der Waals surface area contributed by atoms with Crippen LogP contribution in [0.3, 0.4) is 0 Å². The quantitative estimate of drug-likeness (QED) is 0.131.